The molecule has 0 unspecified atom stereocenters. The molecule has 2 aromatic rings. The summed E-state index contributed by atoms with van der Waals surface area (Å²) < 4.78 is 0. The molecule has 0 aliphatic carbocycles. The van der Waals surface area contributed by atoms with Crippen molar-refractivity contribution in [3.8, 4) is 0 Å². The highest BCUT2D eigenvalue weighted by atomic mass is 16.6. The second-order valence-corrected chi connectivity index (χ2v) is 5.50. The SMILES string of the molecule is Cc1ccc(CCCNC(=O)Cc2ccccc2[N+](=O)[O-])cc1. The van der Waals surface area contributed by atoms with Gasteiger partial charge in [-0.25, -0.2) is 0 Å². The molecule has 0 radical (unpaired) electrons. The molecule has 0 aromatic heterocycles. The van der Waals surface area contributed by atoms with E-state index in [-0.39, 0.29) is 18.0 Å². The van der Waals surface area contributed by atoms with Gasteiger partial charge in [-0.1, -0.05) is 48.0 Å². The fraction of sp³-hybridized carbons (Fsp3) is 0.278. The number of hydrogen-bond acceptors (Lipinski definition) is 3. The normalized spacial score (nSPS) is 10.3. The number of carbonyl (C=O) groups is 1. The van der Waals surface area contributed by atoms with Crippen LogP contribution in [0.2, 0.25) is 0 Å². The Kier molecular flexibility index (Phi) is 5.86. The lowest BCUT2D eigenvalue weighted by Crippen LogP contribution is -2.26. The maximum absolute atomic E-state index is 11.9. The van der Waals surface area contributed by atoms with Crippen LogP contribution in [0.5, 0.6) is 0 Å². The molecule has 5 heteroatoms. The Morgan fingerprint density at radius 1 is 1.13 bits per heavy atom. The highest BCUT2D eigenvalue weighted by molar-refractivity contribution is 5.79. The summed E-state index contributed by atoms with van der Waals surface area (Å²) in [6, 6.07) is 14.7. The molecule has 2 aromatic carbocycles. The Morgan fingerprint density at radius 2 is 1.83 bits per heavy atom. The molecule has 0 saturated carbocycles. The van der Waals surface area contributed by atoms with Crippen molar-refractivity contribution in [1.82, 2.24) is 5.32 Å². The van der Waals surface area contributed by atoms with E-state index in [4.69, 9.17) is 0 Å². The van der Waals surface area contributed by atoms with Gasteiger partial charge in [-0.2, -0.15) is 0 Å². The van der Waals surface area contributed by atoms with Crippen LogP contribution < -0.4 is 5.32 Å². The number of nitro groups is 1. The number of amides is 1. The third kappa shape index (κ3) is 5.21. The van der Waals surface area contributed by atoms with E-state index in [0.717, 1.165) is 12.8 Å². The number of aryl methyl sites for hydroxylation is 2. The standard InChI is InChI=1S/C18H20N2O3/c1-14-8-10-15(11-9-14)5-4-12-19-18(21)13-16-6-2-3-7-17(16)20(22)23/h2-3,6-11H,4-5,12-13H2,1H3,(H,19,21). The number of nitro benzene ring substituents is 1. The number of nitrogens with one attached hydrogen (secondary N) is 1. The topological polar surface area (TPSA) is 72.2 Å². The van der Waals surface area contributed by atoms with Gasteiger partial charge in [-0.15, -0.1) is 0 Å². The highest BCUT2D eigenvalue weighted by Gasteiger charge is 2.14. The number of para-hydroxylation sites is 1. The molecular formula is C18H20N2O3. The van der Waals surface area contributed by atoms with E-state index in [9.17, 15) is 14.9 Å². The zero-order valence-corrected chi connectivity index (χ0v) is 13.1. The molecular weight excluding hydrogens is 292 g/mol. The van der Waals surface area contributed by atoms with Crippen LogP contribution in [-0.2, 0) is 17.6 Å². The summed E-state index contributed by atoms with van der Waals surface area (Å²) in [4.78, 5) is 22.4. The minimum absolute atomic E-state index is 0.0118. The monoisotopic (exact) mass is 312 g/mol. The van der Waals surface area contributed by atoms with Gasteiger partial charge in [0.25, 0.3) is 5.69 Å². The van der Waals surface area contributed by atoms with Crippen LogP contribution >= 0.6 is 0 Å². The van der Waals surface area contributed by atoms with Gasteiger partial charge < -0.3 is 5.32 Å². The molecule has 0 fully saturated rings. The predicted molar refractivity (Wildman–Crippen MR) is 89.3 cm³/mol. The van der Waals surface area contributed by atoms with Crippen molar-refractivity contribution in [2.24, 2.45) is 0 Å². The zero-order valence-electron chi connectivity index (χ0n) is 13.1. The fourth-order valence-corrected chi connectivity index (χ4v) is 2.35. The van der Waals surface area contributed by atoms with Gasteiger partial charge in [0.2, 0.25) is 5.91 Å². The molecule has 0 bridgehead atoms. The summed E-state index contributed by atoms with van der Waals surface area (Å²) in [6.45, 7) is 2.61. The minimum atomic E-state index is -0.458. The maximum Gasteiger partial charge on any atom is 0.273 e. The van der Waals surface area contributed by atoms with Crippen molar-refractivity contribution in [3.63, 3.8) is 0 Å². The highest BCUT2D eigenvalue weighted by Crippen LogP contribution is 2.17. The van der Waals surface area contributed by atoms with Crippen LogP contribution in [0.4, 0.5) is 5.69 Å². The van der Waals surface area contributed by atoms with Gasteiger partial charge in [-0.05, 0) is 25.3 Å². The van der Waals surface area contributed by atoms with Gasteiger partial charge in [0.15, 0.2) is 0 Å². The second-order valence-electron chi connectivity index (χ2n) is 5.50. The molecule has 5 nitrogen and oxygen atoms in total. The van der Waals surface area contributed by atoms with E-state index in [0.29, 0.717) is 12.1 Å². The molecule has 2 rings (SSSR count). The number of nitrogens with zero attached hydrogens (tertiary/aromatic N) is 1. The van der Waals surface area contributed by atoms with Crippen molar-refractivity contribution < 1.29 is 9.72 Å². The van der Waals surface area contributed by atoms with Crippen molar-refractivity contribution in [2.45, 2.75) is 26.2 Å². The summed E-state index contributed by atoms with van der Waals surface area (Å²) in [5.74, 6) is -0.191. The molecule has 0 saturated heterocycles. The van der Waals surface area contributed by atoms with Crippen LogP contribution in [0, 0.1) is 17.0 Å². The summed E-state index contributed by atoms with van der Waals surface area (Å²) in [6.07, 6.45) is 1.76. The number of rotatable bonds is 7. The van der Waals surface area contributed by atoms with Gasteiger partial charge in [0.05, 0.1) is 11.3 Å². The third-order valence-corrected chi connectivity index (χ3v) is 3.62. The van der Waals surface area contributed by atoms with E-state index in [1.165, 1.54) is 17.2 Å². The van der Waals surface area contributed by atoms with E-state index in [1.807, 2.05) is 6.92 Å². The molecule has 0 heterocycles. The lowest BCUT2D eigenvalue weighted by atomic mass is 10.1. The molecule has 0 atom stereocenters. The smallest absolute Gasteiger partial charge is 0.273 e. The average molecular weight is 312 g/mol. The molecule has 23 heavy (non-hydrogen) atoms. The third-order valence-electron chi connectivity index (χ3n) is 3.62. The van der Waals surface area contributed by atoms with Crippen LogP contribution in [0.15, 0.2) is 48.5 Å². The van der Waals surface area contributed by atoms with E-state index in [2.05, 4.69) is 29.6 Å². The first kappa shape index (κ1) is 16.7. The second kappa shape index (κ2) is 8.08. The largest absolute Gasteiger partial charge is 0.356 e. The number of carbonyl (C=O) groups excluding carboxylic acids is 1. The number of hydrogen-bond donors (Lipinski definition) is 1. The first-order valence-electron chi connectivity index (χ1n) is 7.61. The average Bonchev–Trinajstić information content (AvgIpc) is 2.53. The lowest BCUT2D eigenvalue weighted by molar-refractivity contribution is -0.385. The van der Waals surface area contributed by atoms with E-state index >= 15 is 0 Å². The van der Waals surface area contributed by atoms with E-state index < -0.39 is 4.92 Å². The van der Waals surface area contributed by atoms with Gasteiger partial charge in [0.1, 0.15) is 0 Å². The molecule has 0 aliphatic heterocycles. The van der Waals surface area contributed by atoms with Crippen LogP contribution in [0.25, 0.3) is 0 Å². The molecule has 1 amide bonds. The summed E-state index contributed by atoms with van der Waals surface area (Å²) >= 11 is 0. The lowest BCUT2D eigenvalue weighted by Gasteiger charge is -2.06. The molecule has 0 spiro atoms. The van der Waals surface area contributed by atoms with Crippen LogP contribution in [0.1, 0.15) is 23.1 Å². The molecule has 1 N–H and O–H groups in total. The van der Waals surface area contributed by atoms with Gasteiger partial charge in [0, 0.05) is 18.2 Å². The van der Waals surface area contributed by atoms with Crippen LogP contribution in [-0.4, -0.2) is 17.4 Å². The quantitative estimate of drug-likeness (QED) is 0.485. The van der Waals surface area contributed by atoms with E-state index in [1.54, 1.807) is 18.2 Å². The first-order valence-corrected chi connectivity index (χ1v) is 7.61. The fourth-order valence-electron chi connectivity index (χ4n) is 2.35. The van der Waals surface area contributed by atoms with Gasteiger partial charge in [-0.3, -0.25) is 14.9 Å². The van der Waals surface area contributed by atoms with Crippen molar-refractivity contribution in [3.05, 3.63) is 75.3 Å². The van der Waals surface area contributed by atoms with Crippen molar-refractivity contribution in [1.29, 1.82) is 0 Å². The molecule has 0 aliphatic rings. The summed E-state index contributed by atoms with van der Waals surface area (Å²) in [7, 11) is 0. The Bertz CT molecular complexity index is 681. The number of benzene rings is 2. The van der Waals surface area contributed by atoms with Crippen molar-refractivity contribution in [2.75, 3.05) is 6.54 Å². The zero-order chi connectivity index (χ0) is 16.7. The summed E-state index contributed by atoms with van der Waals surface area (Å²) in [5, 5.41) is 13.7. The van der Waals surface area contributed by atoms with Crippen molar-refractivity contribution >= 4 is 11.6 Å². The van der Waals surface area contributed by atoms with Crippen LogP contribution in [0.3, 0.4) is 0 Å². The Labute approximate surface area is 135 Å². The Hall–Kier alpha value is -2.69. The predicted octanol–water partition coefficient (Wildman–Crippen LogP) is 3.19. The minimum Gasteiger partial charge on any atom is -0.356 e. The maximum atomic E-state index is 11.9. The Balaban J connectivity index is 1.77. The Morgan fingerprint density at radius 3 is 2.52 bits per heavy atom. The molecule has 120 valence electrons. The van der Waals surface area contributed by atoms with Gasteiger partial charge >= 0.3 is 0 Å². The first-order chi connectivity index (χ1) is 11.1. The summed E-state index contributed by atoms with van der Waals surface area (Å²) in [5.41, 5.74) is 2.89.